The standard InChI is InChI=1S/C14H28NO6.K/c1-2-3-6-18-7-4-15-14(17)13-21-12-11-20-10-9-19-8-5-16;/h2-13H2,1H3,(H,15,17);/q-1;+1. The Morgan fingerprint density at radius 1 is 0.909 bits per heavy atom. The van der Waals surface area contributed by atoms with Crippen LogP contribution >= 0.6 is 0 Å². The molecule has 0 bridgehead atoms. The van der Waals surface area contributed by atoms with Gasteiger partial charge in [0.05, 0.1) is 33.0 Å². The van der Waals surface area contributed by atoms with Gasteiger partial charge in [-0.1, -0.05) is 13.3 Å². The zero-order valence-corrected chi connectivity index (χ0v) is 17.1. The topological polar surface area (TPSA) is 89.1 Å². The van der Waals surface area contributed by atoms with Crippen molar-refractivity contribution in [3.8, 4) is 0 Å². The van der Waals surface area contributed by atoms with Crippen LogP contribution in [0, 0.1) is 0 Å². The molecule has 1 N–H and O–H groups in total. The fourth-order valence-electron chi connectivity index (χ4n) is 1.33. The Hall–Kier alpha value is 0.906. The average Bonchev–Trinajstić information content (AvgIpc) is 2.49. The molecule has 0 aromatic rings. The van der Waals surface area contributed by atoms with E-state index in [1.807, 2.05) is 0 Å². The van der Waals surface area contributed by atoms with Crippen LogP contribution in [0.2, 0.25) is 0 Å². The fourth-order valence-corrected chi connectivity index (χ4v) is 1.33. The molecule has 0 heterocycles. The Morgan fingerprint density at radius 3 is 2.14 bits per heavy atom. The van der Waals surface area contributed by atoms with Crippen LogP contribution < -0.4 is 61.8 Å². The van der Waals surface area contributed by atoms with Crippen LogP contribution in [-0.4, -0.2) is 71.9 Å². The van der Waals surface area contributed by atoms with Crippen molar-refractivity contribution in [2.24, 2.45) is 0 Å². The Morgan fingerprint density at radius 2 is 1.50 bits per heavy atom. The summed E-state index contributed by atoms with van der Waals surface area (Å²) in [6, 6.07) is 0. The van der Waals surface area contributed by atoms with E-state index >= 15 is 0 Å². The van der Waals surface area contributed by atoms with Gasteiger partial charge in [-0.3, -0.25) is 4.79 Å². The van der Waals surface area contributed by atoms with Gasteiger partial charge in [0.25, 0.3) is 0 Å². The number of rotatable bonds is 16. The van der Waals surface area contributed by atoms with Gasteiger partial charge < -0.3 is 29.4 Å². The normalized spacial score (nSPS) is 10.3. The Labute approximate surface area is 175 Å². The summed E-state index contributed by atoms with van der Waals surface area (Å²) in [4.78, 5) is 11.4. The van der Waals surface area contributed by atoms with Crippen LogP contribution in [0.25, 0.3) is 0 Å². The van der Waals surface area contributed by atoms with Gasteiger partial charge in [0, 0.05) is 19.8 Å². The molecule has 0 radical (unpaired) electrons. The van der Waals surface area contributed by atoms with E-state index in [-0.39, 0.29) is 77.1 Å². The molecule has 0 saturated carbocycles. The quantitative estimate of drug-likeness (QED) is 0.229. The summed E-state index contributed by atoms with van der Waals surface area (Å²) in [5.41, 5.74) is 0. The van der Waals surface area contributed by atoms with Crippen molar-refractivity contribution in [3.05, 3.63) is 0 Å². The maximum Gasteiger partial charge on any atom is 1.00 e. The fraction of sp³-hybridized carbons (Fsp3) is 0.929. The number of amides is 1. The van der Waals surface area contributed by atoms with Crippen LogP contribution in [0.5, 0.6) is 0 Å². The van der Waals surface area contributed by atoms with Crippen LogP contribution in [0.1, 0.15) is 19.8 Å². The van der Waals surface area contributed by atoms with Crippen LogP contribution in [0.3, 0.4) is 0 Å². The molecule has 8 heteroatoms. The first-order valence-electron chi connectivity index (χ1n) is 7.47. The second kappa shape index (κ2) is 21.9. The molecule has 0 saturated heterocycles. The first-order chi connectivity index (χ1) is 10.3. The van der Waals surface area contributed by atoms with Crippen LogP contribution in [0.15, 0.2) is 0 Å². The zero-order chi connectivity index (χ0) is 15.6. The minimum atomic E-state index is -0.234. The summed E-state index contributed by atoms with van der Waals surface area (Å²) >= 11 is 0. The molecule has 0 unspecified atom stereocenters. The van der Waals surface area contributed by atoms with Gasteiger partial charge >= 0.3 is 51.4 Å². The molecule has 126 valence electrons. The molecule has 0 fully saturated rings. The largest absolute Gasteiger partial charge is 1.00 e. The van der Waals surface area contributed by atoms with Gasteiger partial charge in [0.1, 0.15) is 6.61 Å². The van der Waals surface area contributed by atoms with E-state index in [1.165, 1.54) is 0 Å². The summed E-state index contributed by atoms with van der Waals surface area (Å²) < 4.78 is 20.6. The number of carbonyl (C=O) groups excluding carboxylic acids is 1. The van der Waals surface area contributed by atoms with Gasteiger partial charge in [0.2, 0.25) is 5.91 Å². The van der Waals surface area contributed by atoms with E-state index in [9.17, 15) is 9.90 Å². The predicted molar refractivity (Wildman–Crippen MR) is 76.1 cm³/mol. The number of hydrogen-bond acceptors (Lipinski definition) is 6. The van der Waals surface area contributed by atoms with Gasteiger partial charge in [0.15, 0.2) is 0 Å². The number of ether oxygens (including phenoxy) is 4. The summed E-state index contributed by atoms with van der Waals surface area (Å²) in [7, 11) is 0. The minimum Gasteiger partial charge on any atom is -0.853 e. The monoisotopic (exact) mass is 345 g/mol. The third kappa shape index (κ3) is 20.9. The molecule has 0 aliphatic heterocycles. The predicted octanol–water partition coefficient (Wildman–Crippen LogP) is -3.67. The zero-order valence-electron chi connectivity index (χ0n) is 13.9. The molecule has 0 aliphatic carbocycles. The number of nitrogens with one attached hydrogen (secondary N) is 1. The molecule has 0 aromatic carbocycles. The molecule has 1 amide bonds. The average molecular weight is 345 g/mol. The molecule has 22 heavy (non-hydrogen) atoms. The molecule has 7 nitrogen and oxygen atoms in total. The van der Waals surface area contributed by atoms with Crippen molar-refractivity contribution < 1.29 is 80.2 Å². The van der Waals surface area contributed by atoms with E-state index in [2.05, 4.69) is 12.2 Å². The van der Waals surface area contributed by atoms with Crippen molar-refractivity contribution in [2.75, 3.05) is 66.0 Å². The molecular weight excluding hydrogens is 317 g/mol. The molecular formula is C14H28KNO6. The number of carbonyl (C=O) groups is 1. The van der Waals surface area contributed by atoms with Gasteiger partial charge in [-0.2, -0.15) is 0 Å². The molecule has 0 aromatic heterocycles. The Bertz CT molecular complexity index is 233. The summed E-state index contributed by atoms with van der Waals surface area (Å²) in [5, 5.41) is 12.8. The van der Waals surface area contributed by atoms with Crippen molar-refractivity contribution in [2.45, 2.75) is 19.8 Å². The first kappa shape index (κ1) is 25.2. The summed E-state index contributed by atoms with van der Waals surface area (Å²) in [5.74, 6) is -0.159. The van der Waals surface area contributed by atoms with Gasteiger partial charge in [-0.05, 0) is 6.42 Å². The molecule has 0 rings (SSSR count). The minimum absolute atomic E-state index is 0. The van der Waals surface area contributed by atoms with Gasteiger partial charge in [-0.25, -0.2) is 0 Å². The smallest absolute Gasteiger partial charge is 0.853 e. The first-order valence-corrected chi connectivity index (χ1v) is 7.47. The van der Waals surface area contributed by atoms with E-state index in [0.29, 0.717) is 39.6 Å². The molecule has 0 spiro atoms. The molecule has 0 atom stereocenters. The summed E-state index contributed by atoms with van der Waals surface area (Å²) in [6.07, 6.45) is 2.14. The SMILES string of the molecule is CCCCOCCNC(=O)COCCOCCOCC[O-].[K+]. The van der Waals surface area contributed by atoms with Crippen LogP contribution in [-0.2, 0) is 23.7 Å². The number of unbranched alkanes of at least 4 members (excludes halogenated alkanes) is 1. The van der Waals surface area contributed by atoms with Crippen molar-refractivity contribution in [1.82, 2.24) is 5.32 Å². The maximum atomic E-state index is 11.4. The second-order valence-electron chi connectivity index (χ2n) is 4.30. The van der Waals surface area contributed by atoms with Gasteiger partial charge in [-0.15, -0.1) is 6.61 Å². The number of hydrogen-bond donors (Lipinski definition) is 1. The van der Waals surface area contributed by atoms with Crippen molar-refractivity contribution >= 4 is 5.91 Å². The second-order valence-corrected chi connectivity index (χ2v) is 4.30. The maximum absolute atomic E-state index is 11.4. The van der Waals surface area contributed by atoms with Crippen LogP contribution in [0.4, 0.5) is 0 Å². The van der Waals surface area contributed by atoms with Crippen molar-refractivity contribution in [1.29, 1.82) is 0 Å². The third-order valence-corrected chi connectivity index (χ3v) is 2.42. The van der Waals surface area contributed by atoms with E-state index in [0.717, 1.165) is 19.4 Å². The van der Waals surface area contributed by atoms with Crippen molar-refractivity contribution in [3.63, 3.8) is 0 Å². The van der Waals surface area contributed by atoms with E-state index in [1.54, 1.807) is 0 Å². The Balaban J connectivity index is 0. The summed E-state index contributed by atoms with van der Waals surface area (Å²) in [6.45, 7) is 5.43. The third-order valence-electron chi connectivity index (χ3n) is 2.42. The van der Waals surface area contributed by atoms with E-state index in [4.69, 9.17) is 18.9 Å². The Kier molecular flexibility index (Phi) is 25.0. The van der Waals surface area contributed by atoms with E-state index < -0.39 is 0 Å². The molecule has 0 aliphatic rings.